The molecule has 0 aliphatic heterocycles. The van der Waals surface area contributed by atoms with Crippen molar-refractivity contribution in [3.8, 4) is 0 Å². The van der Waals surface area contributed by atoms with Gasteiger partial charge >= 0.3 is 6.18 Å². The van der Waals surface area contributed by atoms with Crippen LogP contribution in [0.15, 0.2) is 0 Å². The molecule has 0 aromatic carbocycles. The number of hydrogen-bond acceptors (Lipinski definition) is 1. The molecule has 2 nitrogen and oxygen atoms in total. The molecule has 0 aliphatic carbocycles. The number of H-pyrrole nitrogens is 1. The molecule has 0 radical (unpaired) electrons. The first-order chi connectivity index (χ1) is 5.45. The van der Waals surface area contributed by atoms with Gasteiger partial charge in [-0.15, -0.1) is 11.6 Å². The second-order valence-electron chi connectivity index (χ2n) is 2.28. The largest absolute Gasteiger partial charge is 0.435 e. The van der Waals surface area contributed by atoms with E-state index in [2.05, 4.69) is 9.97 Å². The smallest absolute Gasteiger partial charge is 0.345 e. The summed E-state index contributed by atoms with van der Waals surface area (Å²) in [7, 11) is 0. The first-order valence-electron chi connectivity index (χ1n) is 3.13. The molecule has 12 heavy (non-hydrogen) atoms. The summed E-state index contributed by atoms with van der Waals surface area (Å²) >= 11 is 5.28. The zero-order valence-corrected chi connectivity index (χ0v) is 6.92. The Morgan fingerprint density at radius 2 is 2.08 bits per heavy atom. The van der Waals surface area contributed by atoms with E-state index < -0.39 is 11.9 Å². The molecule has 0 fully saturated rings. The number of aromatic amines is 1. The maximum atomic E-state index is 12.1. The van der Waals surface area contributed by atoms with E-state index in [-0.39, 0.29) is 17.4 Å². The quantitative estimate of drug-likeness (QED) is 0.690. The van der Waals surface area contributed by atoms with Gasteiger partial charge in [0, 0.05) is 0 Å². The molecule has 6 heteroatoms. The van der Waals surface area contributed by atoms with Crippen LogP contribution in [0.2, 0.25) is 0 Å². The van der Waals surface area contributed by atoms with Gasteiger partial charge in [-0.1, -0.05) is 0 Å². The highest BCUT2D eigenvalue weighted by Gasteiger charge is 2.36. The van der Waals surface area contributed by atoms with E-state index in [1.807, 2.05) is 0 Å². The van der Waals surface area contributed by atoms with Crippen molar-refractivity contribution in [1.82, 2.24) is 9.97 Å². The lowest BCUT2D eigenvalue weighted by Gasteiger charge is -2.02. The van der Waals surface area contributed by atoms with Crippen molar-refractivity contribution in [2.45, 2.75) is 19.0 Å². The number of nitrogens with zero attached hydrogens (tertiary/aromatic N) is 1. The molecule has 0 aliphatic rings. The van der Waals surface area contributed by atoms with Crippen LogP contribution in [0.25, 0.3) is 0 Å². The number of nitrogens with one attached hydrogen (secondary N) is 1. The summed E-state index contributed by atoms with van der Waals surface area (Å²) in [5.74, 6) is 0.00773. The Hall–Kier alpha value is -0.710. The van der Waals surface area contributed by atoms with E-state index in [0.29, 0.717) is 0 Å². The van der Waals surface area contributed by atoms with Crippen molar-refractivity contribution in [1.29, 1.82) is 0 Å². The molecule has 0 amide bonds. The number of rotatable bonds is 1. The summed E-state index contributed by atoms with van der Waals surface area (Å²) in [6.45, 7) is 1.45. The molecule has 0 spiro atoms. The Bertz CT molecular complexity index is 279. The van der Waals surface area contributed by atoms with Crippen LogP contribution in [-0.2, 0) is 12.1 Å². The van der Waals surface area contributed by atoms with Gasteiger partial charge < -0.3 is 4.98 Å². The van der Waals surface area contributed by atoms with Crippen molar-refractivity contribution in [3.05, 3.63) is 17.2 Å². The standard InChI is InChI=1S/C6H6ClF3N2/c1-3-11-4(2-7)5(12-3)6(8,9)10/h2H2,1H3,(H,11,12). The Kier molecular flexibility index (Phi) is 2.32. The Morgan fingerprint density at radius 1 is 1.50 bits per heavy atom. The third-order valence-corrected chi connectivity index (χ3v) is 1.57. The minimum absolute atomic E-state index is 0.0818. The van der Waals surface area contributed by atoms with Gasteiger partial charge in [-0.2, -0.15) is 13.2 Å². The average Bonchev–Trinajstić information content (AvgIpc) is 2.29. The molecule has 68 valence electrons. The van der Waals surface area contributed by atoms with E-state index in [4.69, 9.17) is 11.6 Å². The van der Waals surface area contributed by atoms with E-state index in [1.165, 1.54) is 6.92 Å². The highest BCUT2D eigenvalue weighted by atomic mass is 35.5. The highest BCUT2D eigenvalue weighted by molar-refractivity contribution is 6.17. The predicted molar refractivity (Wildman–Crippen MR) is 37.9 cm³/mol. The molecule has 0 saturated carbocycles. The lowest BCUT2D eigenvalue weighted by molar-refractivity contribution is -0.141. The summed E-state index contributed by atoms with van der Waals surface area (Å²) < 4.78 is 36.3. The minimum Gasteiger partial charge on any atom is -0.345 e. The molecule has 1 N–H and O–H groups in total. The Morgan fingerprint density at radius 3 is 2.42 bits per heavy atom. The van der Waals surface area contributed by atoms with Gasteiger partial charge in [0.05, 0.1) is 11.6 Å². The van der Waals surface area contributed by atoms with Crippen molar-refractivity contribution >= 4 is 11.6 Å². The molecule has 0 unspecified atom stereocenters. The summed E-state index contributed by atoms with van der Waals surface area (Å²) in [5.41, 5.74) is -1.00. The SMILES string of the molecule is Cc1nc(C(F)(F)F)c(CCl)[nH]1. The van der Waals surface area contributed by atoms with Gasteiger partial charge in [-0.3, -0.25) is 0 Å². The summed E-state index contributed by atoms with van der Waals surface area (Å²) in [6, 6.07) is 0. The molecule has 1 aromatic heterocycles. The van der Waals surface area contributed by atoms with E-state index in [0.717, 1.165) is 0 Å². The number of aryl methyl sites for hydroxylation is 1. The molecular weight excluding hydrogens is 193 g/mol. The molecule has 1 aromatic rings. The Labute approximate surface area is 71.8 Å². The highest BCUT2D eigenvalue weighted by Crippen LogP contribution is 2.30. The minimum atomic E-state index is -4.42. The summed E-state index contributed by atoms with van der Waals surface area (Å²) in [5, 5.41) is 0. The number of halogens is 4. The van der Waals surface area contributed by atoms with Gasteiger partial charge in [0.25, 0.3) is 0 Å². The summed E-state index contributed by atoms with van der Waals surface area (Å²) in [6.07, 6.45) is -4.42. The molecule has 1 rings (SSSR count). The fourth-order valence-electron chi connectivity index (χ4n) is 0.872. The second kappa shape index (κ2) is 2.97. The van der Waals surface area contributed by atoms with Crippen LogP contribution in [-0.4, -0.2) is 9.97 Å². The monoisotopic (exact) mass is 198 g/mol. The molecule has 0 atom stereocenters. The third-order valence-electron chi connectivity index (χ3n) is 1.30. The van der Waals surface area contributed by atoms with Crippen LogP contribution in [0.4, 0.5) is 13.2 Å². The fourth-order valence-corrected chi connectivity index (χ4v) is 1.07. The van der Waals surface area contributed by atoms with Gasteiger partial charge in [-0.05, 0) is 6.92 Å². The lowest BCUT2D eigenvalue weighted by atomic mass is 10.3. The van der Waals surface area contributed by atoms with E-state index in [9.17, 15) is 13.2 Å². The molecule has 1 heterocycles. The lowest BCUT2D eigenvalue weighted by Crippen LogP contribution is -2.08. The topological polar surface area (TPSA) is 28.7 Å². The molecule has 0 bridgehead atoms. The number of hydrogen-bond donors (Lipinski definition) is 1. The maximum Gasteiger partial charge on any atom is 0.435 e. The normalized spacial score (nSPS) is 12.1. The molecule has 0 saturated heterocycles. The zero-order chi connectivity index (χ0) is 9.35. The maximum absolute atomic E-state index is 12.1. The van der Waals surface area contributed by atoms with Gasteiger partial charge in [0.15, 0.2) is 5.69 Å². The number of alkyl halides is 4. The van der Waals surface area contributed by atoms with Gasteiger partial charge in [-0.25, -0.2) is 4.98 Å². The number of imidazole rings is 1. The van der Waals surface area contributed by atoms with Crippen LogP contribution in [0.3, 0.4) is 0 Å². The van der Waals surface area contributed by atoms with Crippen LogP contribution in [0, 0.1) is 6.92 Å². The van der Waals surface area contributed by atoms with E-state index >= 15 is 0 Å². The predicted octanol–water partition coefficient (Wildman–Crippen LogP) is 2.48. The van der Waals surface area contributed by atoms with Crippen LogP contribution < -0.4 is 0 Å². The number of aromatic nitrogens is 2. The van der Waals surface area contributed by atoms with Crippen LogP contribution in [0.5, 0.6) is 0 Å². The zero-order valence-electron chi connectivity index (χ0n) is 6.17. The second-order valence-corrected chi connectivity index (χ2v) is 2.55. The van der Waals surface area contributed by atoms with Crippen LogP contribution >= 0.6 is 11.6 Å². The third kappa shape index (κ3) is 1.72. The van der Waals surface area contributed by atoms with Crippen molar-refractivity contribution in [3.63, 3.8) is 0 Å². The molecular formula is C6H6ClF3N2. The van der Waals surface area contributed by atoms with Gasteiger partial charge in [0.2, 0.25) is 0 Å². The summed E-state index contributed by atoms with van der Waals surface area (Å²) in [4.78, 5) is 5.73. The van der Waals surface area contributed by atoms with E-state index in [1.54, 1.807) is 0 Å². The van der Waals surface area contributed by atoms with Crippen molar-refractivity contribution in [2.75, 3.05) is 0 Å². The Balaban J connectivity index is 3.13. The first kappa shape index (κ1) is 9.38. The van der Waals surface area contributed by atoms with Crippen molar-refractivity contribution < 1.29 is 13.2 Å². The van der Waals surface area contributed by atoms with Gasteiger partial charge in [0.1, 0.15) is 5.82 Å². The first-order valence-corrected chi connectivity index (χ1v) is 3.67. The average molecular weight is 199 g/mol. The van der Waals surface area contributed by atoms with Crippen molar-refractivity contribution in [2.24, 2.45) is 0 Å². The van der Waals surface area contributed by atoms with Crippen LogP contribution in [0.1, 0.15) is 17.2 Å². The fraction of sp³-hybridized carbons (Fsp3) is 0.500.